The molecule has 0 aromatic rings. The molecule has 2 unspecified atom stereocenters. The average Bonchev–Trinajstić information content (AvgIpc) is 3.39. The topological polar surface area (TPSA) is 49.3 Å². The molecular formula is C18H37IN4O2. The second kappa shape index (κ2) is 12.3. The predicted molar refractivity (Wildman–Crippen MR) is 114 cm³/mol. The van der Waals surface area contributed by atoms with E-state index in [1.54, 1.807) is 0 Å². The first kappa shape index (κ1) is 22.9. The van der Waals surface area contributed by atoms with Gasteiger partial charge in [-0.2, -0.15) is 0 Å². The lowest BCUT2D eigenvalue weighted by Gasteiger charge is -2.37. The first-order chi connectivity index (χ1) is 11.6. The molecule has 0 aromatic carbocycles. The van der Waals surface area contributed by atoms with Crippen molar-refractivity contribution in [3.63, 3.8) is 0 Å². The average molecular weight is 468 g/mol. The van der Waals surface area contributed by atoms with Gasteiger partial charge >= 0.3 is 0 Å². The summed E-state index contributed by atoms with van der Waals surface area (Å²) in [7, 11) is 2.09. The number of likely N-dealkylation sites (N-methyl/N-ethyl adjacent to an activating group) is 1. The highest BCUT2D eigenvalue weighted by atomic mass is 127. The summed E-state index contributed by atoms with van der Waals surface area (Å²) in [6.07, 6.45) is 2.69. The van der Waals surface area contributed by atoms with Gasteiger partial charge in [-0.05, 0) is 39.5 Å². The van der Waals surface area contributed by atoms with Gasteiger partial charge in [-0.25, -0.2) is 0 Å². The van der Waals surface area contributed by atoms with Crippen LogP contribution in [-0.4, -0.2) is 87.5 Å². The second-order valence-corrected chi connectivity index (χ2v) is 7.15. The van der Waals surface area contributed by atoms with Crippen LogP contribution in [0.15, 0.2) is 4.99 Å². The van der Waals surface area contributed by atoms with E-state index in [0.717, 1.165) is 64.5 Å². The van der Waals surface area contributed by atoms with Crippen LogP contribution in [0.5, 0.6) is 0 Å². The van der Waals surface area contributed by atoms with Crippen molar-refractivity contribution < 1.29 is 9.47 Å². The van der Waals surface area contributed by atoms with Crippen LogP contribution in [-0.2, 0) is 9.47 Å². The number of guanidine groups is 1. The van der Waals surface area contributed by atoms with E-state index in [1.165, 1.54) is 12.8 Å². The van der Waals surface area contributed by atoms with Crippen LogP contribution in [0.1, 0.15) is 33.6 Å². The molecule has 25 heavy (non-hydrogen) atoms. The largest absolute Gasteiger partial charge is 0.379 e. The van der Waals surface area contributed by atoms with E-state index in [2.05, 4.69) is 42.9 Å². The molecule has 0 spiro atoms. The highest BCUT2D eigenvalue weighted by molar-refractivity contribution is 14.0. The Bertz CT molecular complexity index is 393. The van der Waals surface area contributed by atoms with Gasteiger partial charge in [-0.1, -0.05) is 0 Å². The maximum Gasteiger partial charge on any atom is 0.193 e. The molecule has 0 bridgehead atoms. The molecule has 2 aliphatic rings. The van der Waals surface area contributed by atoms with Crippen molar-refractivity contribution in [3.8, 4) is 0 Å². The van der Waals surface area contributed by atoms with E-state index in [1.807, 2.05) is 0 Å². The van der Waals surface area contributed by atoms with Crippen molar-refractivity contribution in [3.05, 3.63) is 0 Å². The first-order valence-electron chi connectivity index (χ1n) is 9.52. The molecule has 1 saturated heterocycles. The molecule has 0 radical (unpaired) electrons. The van der Waals surface area contributed by atoms with Gasteiger partial charge in [-0.3, -0.25) is 9.89 Å². The summed E-state index contributed by atoms with van der Waals surface area (Å²) < 4.78 is 11.3. The van der Waals surface area contributed by atoms with Crippen LogP contribution in [0.4, 0.5) is 0 Å². The molecule has 1 N–H and O–H groups in total. The Morgan fingerprint density at radius 3 is 2.84 bits per heavy atom. The van der Waals surface area contributed by atoms with Gasteiger partial charge in [0.25, 0.3) is 0 Å². The standard InChI is InChI=1S/C18H36N4O2.HI/c1-5-19-18(21(4)8-10-24-14-17-6-7-17)20-12-15(2)22-9-11-23-13-16(22)3;/h15-17H,5-14H2,1-4H3,(H,19,20);1H. The number of hydrogen-bond acceptors (Lipinski definition) is 4. The number of rotatable bonds is 9. The number of aliphatic imine (C=N–C) groups is 1. The maximum atomic E-state index is 5.74. The van der Waals surface area contributed by atoms with E-state index in [-0.39, 0.29) is 24.0 Å². The predicted octanol–water partition coefficient (Wildman–Crippen LogP) is 2.04. The Labute approximate surface area is 170 Å². The summed E-state index contributed by atoms with van der Waals surface area (Å²) in [5.74, 6) is 1.80. The SMILES string of the molecule is CCNC(=NCC(C)N1CCOCC1C)N(C)CCOCC1CC1.I. The number of nitrogens with zero attached hydrogens (tertiary/aromatic N) is 3. The van der Waals surface area contributed by atoms with Gasteiger partial charge in [0.1, 0.15) is 0 Å². The van der Waals surface area contributed by atoms with Gasteiger partial charge in [0.15, 0.2) is 5.96 Å². The highest BCUT2D eigenvalue weighted by Crippen LogP contribution is 2.28. The van der Waals surface area contributed by atoms with Crippen LogP contribution in [0.2, 0.25) is 0 Å². The quantitative estimate of drug-likeness (QED) is 0.243. The summed E-state index contributed by atoms with van der Waals surface area (Å²) in [6.45, 7) is 13.5. The van der Waals surface area contributed by atoms with E-state index < -0.39 is 0 Å². The van der Waals surface area contributed by atoms with Crippen molar-refractivity contribution >= 4 is 29.9 Å². The van der Waals surface area contributed by atoms with Crippen molar-refractivity contribution in [2.45, 2.75) is 45.7 Å². The fourth-order valence-electron chi connectivity index (χ4n) is 3.03. The van der Waals surface area contributed by atoms with Crippen molar-refractivity contribution in [2.75, 3.05) is 59.7 Å². The Kier molecular flexibility index (Phi) is 11.3. The third-order valence-corrected chi connectivity index (χ3v) is 4.81. The Morgan fingerprint density at radius 1 is 1.44 bits per heavy atom. The molecule has 6 nitrogen and oxygen atoms in total. The highest BCUT2D eigenvalue weighted by Gasteiger charge is 2.23. The summed E-state index contributed by atoms with van der Waals surface area (Å²) in [5.41, 5.74) is 0. The van der Waals surface area contributed by atoms with E-state index >= 15 is 0 Å². The van der Waals surface area contributed by atoms with E-state index in [0.29, 0.717) is 12.1 Å². The molecule has 2 rings (SSSR count). The molecule has 148 valence electrons. The van der Waals surface area contributed by atoms with Gasteiger partial charge in [-0.15, -0.1) is 24.0 Å². The number of ether oxygens (including phenoxy) is 2. The van der Waals surface area contributed by atoms with Crippen LogP contribution >= 0.6 is 24.0 Å². The summed E-state index contributed by atoms with van der Waals surface area (Å²) >= 11 is 0. The molecule has 1 heterocycles. The minimum absolute atomic E-state index is 0. The van der Waals surface area contributed by atoms with E-state index in [4.69, 9.17) is 14.5 Å². The molecule has 1 aliphatic heterocycles. The molecule has 1 saturated carbocycles. The first-order valence-corrected chi connectivity index (χ1v) is 9.52. The van der Waals surface area contributed by atoms with Gasteiger partial charge in [0.2, 0.25) is 0 Å². The van der Waals surface area contributed by atoms with Gasteiger partial charge < -0.3 is 19.7 Å². The molecule has 0 aromatic heterocycles. The molecule has 7 heteroatoms. The van der Waals surface area contributed by atoms with E-state index in [9.17, 15) is 0 Å². The zero-order chi connectivity index (χ0) is 17.4. The third kappa shape index (κ3) is 8.41. The molecule has 1 aliphatic carbocycles. The summed E-state index contributed by atoms with van der Waals surface area (Å²) in [6, 6.07) is 0.900. The fourth-order valence-corrected chi connectivity index (χ4v) is 3.03. The maximum absolute atomic E-state index is 5.74. The lowest BCUT2D eigenvalue weighted by molar-refractivity contribution is -0.0166. The van der Waals surface area contributed by atoms with Crippen LogP contribution in [0.25, 0.3) is 0 Å². The monoisotopic (exact) mass is 468 g/mol. The zero-order valence-electron chi connectivity index (χ0n) is 16.4. The third-order valence-electron chi connectivity index (χ3n) is 4.81. The fraction of sp³-hybridized carbons (Fsp3) is 0.944. The normalized spacial score (nSPS) is 23.0. The van der Waals surface area contributed by atoms with Crippen molar-refractivity contribution in [1.82, 2.24) is 15.1 Å². The number of morpholine rings is 1. The van der Waals surface area contributed by atoms with Crippen molar-refractivity contribution in [2.24, 2.45) is 10.9 Å². The molecule has 2 fully saturated rings. The van der Waals surface area contributed by atoms with Gasteiger partial charge in [0.05, 0.1) is 26.4 Å². The lowest BCUT2D eigenvalue weighted by atomic mass is 10.2. The number of hydrogen-bond donors (Lipinski definition) is 1. The minimum atomic E-state index is 0. The summed E-state index contributed by atoms with van der Waals surface area (Å²) in [4.78, 5) is 9.51. The van der Waals surface area contributed by atoms with Crippen LogP contribution in [0, 0.1) is 5.92 Å². The second-order valence-electron chi connectivity index (χ2n) is 7.15. The van der Waals surface area contributed by atoms with Crippen LogP contribution in [0.3, 0.4) is 0 Å². The summed E-state index contributed by atoms with van der Waals surface area (Å²) in [5, 5.41) is 3.39. The molecule has 2 atom stereocenters. The van der Waals surface area contributed by atoms with Crippen molar-refractivity contribution in [1.29, 1.82) is 0 Å². The zero-order valence-corrected chi connectivity index (χ0v) is 18.7. The number of halogens is 1. The molecule has 0 amide bonds. The lowest BCUT2D eigenvalue weighted by Crippen LogP contribution is -2.49. The Hall–Kier alpha value is -0.120. The Morgan fingerprint density at radius 2 is 2.20 bits per heavy atom. The number of nitrogens with one attached hydrogen (secondary N) is 1. The Balaban J connectivity index is 0.00000312. The van der Waals surface area contributed by atoms with Crippen LogP contribution < -0.4 is 5.32 Å². The molecular weight excluding hydrogens is 431 g/mol. The minimum Gasteiger partial charge on any atom is -0.379 e. The van der Waals surface area contributed by atoms with Gasteiger partial charge in [0, 0.05) is 45.4 Å². The smallest absolute Gasteiger partial charge is 0.193 e.